The van der Waals surface area contributed by atoms with E-state index >= 15 is 0 Å². The maximum atomic E-state index is 11.0. The number of nitrogens with zero attached hydrogens (tertiary/aromatic N) is 2. The van der Waals surface area contributed by atoms with Crippen molar-refractivity contribution in [2.75, 3.05) is 0 Å². The summed E-state index contributed by atoms with van der Waals surface area (Å²) in [7, 11) is 0. The molecule has 1 aromatic carbocycles. The summed E-state index contributed by atoms with van der Waals surface area (Å²) in [5.74, 6) is -0.0850. The molecule has 1 N–H and O–H groups in total. The van der Waals surface area contributed by atoms with Crippen molar-refractivity contribution in [1.29, 1.82) is 0 Å². The van der Waals surface area contributed by atoms with Gasteiger partial charge < -0.3 is 5.11 Å². The zero-order valence-corrected chi connectivity index (χ0v) is 12.5. The quantitative estimate of drug-likeness (QED) is 0.908. The smallest absolute Gasteiger partial charge is 0.303 e. The molecule has 0 radical (unpaired) electrons. The second kappa shape index (κ2) is 5.40. The van der Waals surface area contributed by atoms with Gasteiger partial charge in [0.1, 0.15) is 0 Å². The first kappa shape index (κ1) is 13.4. The Morgan fingerprint density at radius 3 is 2.85 bits per heavy atom. The number of carboxylic acid groups (broad SMARTS) is 1. The summed E-state index contributed by atoms with van der Waals surface area (Å²) in [5.41, 5.74) is 2.06. The fourth-order valence-electron chi connectivity index (χ4n) is 2.59. The third-order valence-corrected chi connectivity index (χ3v) is 4.37. The molecule has 0 saturated heterocycles. The lowest BCUT2D eigenvalue weighted by atomic mass is 9.91. The molecule has 1 unspecified atom stereocenters. The number of halogens is 1. The maximum Gasteiger partial charge on any atom is 0.303 e. The zero-order chi connectivity index (χ0) is 14.1. The van der Waals surface area contributed by atoms with Gasteiger partial charge >= 0.3 is 5.97 Å². The van der Waals surface area contributed by atoms with Gasteiger partial charge in [-0.1, -0.05) is 6.07 Å². The van der Waals surface area contributed by atoms with E-state index in [1.807, 2.05) is 30.5 Å². The standard InChI is InChI=1S/C15H15BrN2O2/c16-13-8-11(12(9-15(19)20)10-2-3-10)4-5-14(13)18-7-1-6-17-18/h1,4-8,10,12H,2-3,9H2,(H,19,20). The first-order valence-corrected chi connectivity index (χ1v) is 7.45. The van der Waals surface area contributed by atoms with Crippen LogP contribution in [-0.4, -0.2) is 20.9 Å². The van der Waals surface area contributed by atoms with Gasteiger partial charge in [-0.25, -0.2) is 4.68 Å². The Balaban J connectivity index is 1.90. The van der Waals surface area contributed by atoms with E-state index in [4.69, 9.17) is 5.11 Å². The van der Waals surface area contributed by atoms with Crippen molar-refractivity contribution in [3.63, 3.8) is 0 Å². The summed E-state index contributed by atoms with van der Waals surface area (Å²) in [4.78, 5) is 11.0. The molecule has 1 atom stereocenters. The van der Waals surface area contributed by atoms with Gasteiger partial charge in [-0.15, -0.1) is 0 Å². The normalized spacial score (nSPS) is 16.1. The van der Waals surface area contributed by atoms with E-state index in [0.717, 1.165) is 28.6 Å². The highest BCUT2D eigenvalue weighted by atomic mass is 79.9. The van der Waals surface area contributed by atoms with Crippen molar-refractivity contribution in [2.24, 2.45) is 5.92 Å². The SMILES string of the molecule is O=C(O)CC(c1ccc(-n2cccn2)c(Br)c1)C1CC1. The lowest BCUT2D eigenvalue weighted by Gasteiger charge is -2.16. The molecule has 3 rings (SSSR count). The molecular formula is C15H15BrN2O2. The van der Waals surface area contributed by atoms with Crippen LogP contribution in [0.1, 0.15) is 30.7 Å². The van der Waals surface area contributed by atoms with E-state index in [0.29, 0.717) is 5.92 Å². The van der Waals surface area contributed by atoms with Crippen LogP contribution in [-0.2, 0) is 4.79 Å². The number of benzene rings is 1. The Morgan fingerprint density at radius 2 is 2.30 bits per heavy atom. The van der Waals surface area contributed by atoms with Crippen LogP contribution in [0.5, 0.6) is 0 Å². The average Bonchev–Trinajstić information content (AvgIpc) is 3.11. The molecule has 0 bridgehead atoms. The van der Waals surface area contributed by atoms with Gasteiger partial charge in [-0.05, 0) is 64.4 Å². The molecular weight excluding hydrogens is 320 g/mol. The predicted octanol–water partition coefficient (Wildman–Crippen LogP) is 3.60. The Morgan fingerprint density at radius 1 is 1.50 bits per heavy atom. The molecule has 1 aliphatic rings. The summed E-state index contributed by atoms with van der Waals surface area (Å²) >= 11 is 3.56. The van der Waals surface area contributed by atoms with Crippen molar-refractivity contribution in [1.82, 2.24) is 9.78 Å². The first-order chi connectivity index (χ1) is 9.65. The van der Waals surface area contributed by atoms with E-state index in [2.05, 4.69) is 21.0 Å². The number of hydrogen-bond acceptors (Lipinski definition) is 2. The molecule has 1 aromatic heterocycles. The molecule has 20 heavy (non-hydrogen) atoms. The van der Waals surface area contributed by atoms with Crippen LogP contribution in [0.2, 0.25) is 0 Å². The second-order valence-corrected chi connectivity index (χ2v) is 6.06. The molecule has 5 heteroatoms. The van der Waals surface area contributed by atoms with Gasteiger partial charge in [0, 0.05) is 16.9 Å². The van der Waals surface area contributed by atoms with E-state index < -0.39 is 5.97 Å². The maximum absolute atomic E-state index is 11.0. The van der Waals surface area contributed by atoms with Gasteiger partial charge in [0.25, 0.3) is 0 Å². The monoisotopic (exact) mass is 334 g/mol. The molecule has 2 aromatic rings. The number of carboxylic acids is 1. The number of aromatic nitrogens is 2. The highest BCUT2D eigenvalue weighted by Gasteiger charge is 2.33. The van der Waals surface area contributed by atoms with Crippen LogP contribution in [0, 0.1) is 5.92 Å². The topological polar surface area (TPSA) is 55.1 Å². The number of rotatable bonds is 5. The Hall–Kier alpha value is -1.62. The van der Waals surface area contributed by atoms with Gasteiger partial charge in [-0.2, -0.15) is 5.10 Å². The number of carbonyl (C=O) groups is 1. The third kappa shape index (κ3) is 2.77. The van der Waals surface area contributed by atoms with Crippen LogP contribution in [0.15, 0.2) is 41.1 Å². The fourth-order valence-corrected chi connectivity index (χ4v) is 3.17. The fraction of sp³-hybridized carbons (Fsp3) is 0.333. The minimum atomic E-state index is -0.728. The van der Waals surface area contributed by atoms with Crippen LogP contribution in [0.3, 0.4) is 0 Å². The van der Waals surface area contributed by atoms with Crippen molar-refractivity contribution < 1.29 is 9.90 Å². The van der Waals surface area contributed by atoms with Crippen molar-refractivity contribution in [3.8, 4) is 5.69 Å². The average molecular weight is 335 g/mol. The van der Waals surface area contributed by atoms with Crippen molar-refractivity contribution >= 4 is 21.9 Å². The minimum Gasteiger partial charge on any atom is -0.481 e. The molecule has 1 saturated carbocycles. The third-order valence-electron chi connectivity index (χ3n) is 3.74. The van der Waals surface area contributed by atoms with E-state index in [-0.39, 0.29) is 12.3 Å². The van der Waals surface area contributed by atoms with Crippen LogP contribution < -0.4 is 0 Å². The molecule has 4 nitrogen and oxygen atoms in total. The summed E-state index contributed by atoms with van der Waals surface area (Å²) in [6.07, 6.45) is 6.10. The van der Waals surface area contributed by atoms with Crippen LogP contribution >= 0.6 is 15.9 Å². The number of hydrogen-bond donors (Lipinski definition) is 1. The molecule has 1 aliphatic carbocycles. The molecule has 1 fully saturated rings. The summed E-state index contributed by atoms with van der Waals surface area (Å²) in [5, 5.41) is 13.3. The first-order valence-electron chi connectivity index (χ1n) is 6.66. The molecule has 104 valence electrons. The van der Waals surface area contributed by atoms with Gasteiger partial charge in [0.05, 0.1) is 12.1 Å². The Bertz CT molecular complexity index is 621. The molecule has 0 spiro atoms. The highest BCUT2D eigenvalue weighted by Crippen LogP contribution is 2.45. The van der Waals surface area contributed by atoms with E-state index in [1.165, 1.54) is 0 Å². The van der Waals surface area contributed by atoms with E-state index in [1.54, 1.807) is 10.9 Å². The van der Waals surface area contributed by atoms with Gasteiger partial charge in [0.2, 0.25) is 0 Å². The molecule has 0 aliphatic heterocycles. The lowest BCUT2D eigenvalue weighted by molar-refractivity contribution is -0.137. The highest BCUT2D eigenvalue weighted by molar-refractivity contribution is 9.10. The Labute approximate surface area is 125 Å². The number of aliphatic carboxylic acids is 1. The second-order valence-electron chi connectivity index (χ2n) is 5.20. The van der Waals surface area contributed by atoms with Gasteiger partial charge in [0.15, 0.2) is 0 Å². The Kier molecular flexibility index (Phi) is 3.61. The zero-order valence-electron chi connectivity index (χ0n) is 10.9. The van der Waals surface area contributed by atoms with E-state index in [9.17, 15) is 4.79 Å². The molecule has 0 amide bonds. The lowest BCUT2D eigenvalue weighted by Crippen LogP contribution is -2.09. The summed E-state index contributed by atoms with van der Waals surface area (Å²) in [6, 6.07) is 7.91. The molecule has 1 heterocycles. The minimum absolute atomic E-state index is 0.121. The van der Waals surface area contributed by atoms with Crippen molar-refractivity contribution in [3.05, 3.63) is 46.7 Å². The van der Waals surface area contributed by atoms with Crippen LogP contribution in [0.25, 0.3) is 5.69 Å². The van der Waals surface area contributed by atoms with Gasteiger partial charge in [-0.3, -0.25) is 4.79 Å². The van der Waals surface area contributed by atoms with Crippen molar-refractivity contribution in [2.45, 2.75) is 25.2 Å². The van der Waals surface area contributed by atoms with Crippen LogP contribution in [0.4, 0.5) is 0 Å². The summed E-state index contributed by atoms with van der Waals surface area (Å²) in [6.45, 7) is 0. The largest absolute Gasteiger partial charge is 0.481 e. The summed E-state index contributed by atoms with van der Waals surface area (Å²) < 4.78 is 2.73. The predicted molar refractivity (Wildman–Crippen MR) is 79.0 cm³/mol.